The highest BCUT2D eigenvalue weighted by molar-refractivity contribution is 5.81. The monoisotopic (exact) mass is 338 g/mol. The van der Waals surface area contributed by atoms with E-state index < -0.39 is 5.54 Å². The Balaban J connectivity index is 1.73. The van der Waals surface area contributed by atoms with Crippen LogP contribution in [0.15, 0.2) is 34.7 Å². The molecule has 0 bridgehead atoms. The normalized spacial score (nSPS) is 13.6. The summed E-state index contributed by atoms with van der Waals surface area (Å²) in [5.74, 6) is 0.398. The van der Waals surface area contributed by atoms with E-state index in [1.807, 2.05) is 44.2 Å². The fraction of sp³-hybridized carbons (Fsp3) is 0.353. The van der Waals surface area contributed by atoms with Gasteiger partial charge in [-0.1, -0.05) is 32.0 Å². The third-order valence-electron chi connectivity index (χ3n) is 4.17. The summed E-state index contributed by atoms with van der Waals surface area (Å²) in [5, 5.41) is 24.9. The van der Waals surface area contributed by atoms with E-state index >= 15 is 0 Å². The summed E-state index contributed by atoms with van der Waals surface area (Å²) in [6.45, 7) is 5.30. The van der Waals surface area contributed by atoms with Crippen LogP contribution in [0.4, 0.5) is 0 Å². The number of tetrazole rings is 1. The molecule has 0 aliphatic heterocycles. The summed E-state index contributed by atoms with van der Waals surface area (Å²) in [7, 11) is 0. The lowest BCUT2D eigenvalue weighted by molar-refractivity contribution is -0.123. The first kappa shape index (κ1) is 16.6. The number of amides is 1. The molecule has 0 saturated carbocycles. The number of carbonyl (C=O) groups is 1. The summed E-state index contributed by atoms with van der Waals surface area (Å²) in [4.78, 5) is 13.3. The molecule has 0 unspecified atom stereocenters. The maximum atomic E-state index is 12.2. The van der Waals surface area contributed by atoms with E-state index in [0.29, 0.717) is 11.6 Å². The van der Waals surface area contributed by atoms with Gasteiger partial charge in [-0.2, -0.15) is 10.1 Å². The fourth-order valence-corrected chi connectivity index (χ4v) is 2.26. The van der Waals surface area contributed by atoms with Gasteiger partial charge in [-0.15, -0.1) is 10.2 Å². The van der Waals surface area contributed by atoms with Crippen LogP contribution in [0.3, 0.4) is 0 Å². The van der Waals surface area contributed by atoms with Gasteiger partial charge in [0.15, 0.2) is 5.76 Å². The maximum Gasteiger partial charge on any atom is 0.244 e. The summed E-state index contributed by atoms with van der Waals surface area (Å²) in [5.41, 5.74) is -0.215. The van der Waals surface area contributed by atoms with Crippen LogP contribution in [0.25, 0.3) is 22.6 Å². The minimum absolute atomic E-state index is 0.0312. The standard InChI is InChI=1S/C17H18N6O2/c1-11(2)17(3,10-18)19-15(24)9-23-21-16(20-22-23)14-8-12-6-4-5-7-13(12)25-14/h4-8,11H,9H2,1-3H3,(H,19,24)/t17-/m1/s1. The predicted octanol–water partition coefficient (Wildman–Crippen LogP) is 2.14. The number of carbonyl (C=O) groups excluding carboxylic acids is 1. The van der Waals surface area contributed by atoms with Crippen LogP contribution in [0, 0.1) is 17.2 Å². The average Bonchev–Trinajstić information content (AvgIpc) is 3.20. The van der Waals surface area contributed by atoms with Crippen LogP contribution in [0.2, 0.25) is 0 Å². The van der Waals surface area contributed by atoms with Gasteiger partial charge < -0.3 is 9.73 Å². The minimum atomic E-state index is -0.945. The Morgan fingerprint density at radius 2 is 2.20 bits per heavy atom. The first-order valence-electron chi connectivity index (χ1n) is 7.90. The second-order valence-electron chi connectivity index (χ2n) is 6.31. The van der Waals surface area contributed by atoms with Crippen molar-refractivity contribution in [3.05, 3.63) is 30.3 Å². The van der Waals surface area contributed by atoms with Gasteiger partial charge in [0, 0.05) is 5.39 Å². The van der Waals surface area contributed by atoms with Gasteiger partial charge in [-0.25, -0.2) is 0 Å². The van der Waals surface area contributed by atoms with E-state index in [-0.39, 0.29) is 18.4 Å². The van der Waals surface area contributed by atoms with Crippen molar-refractivity contribution in [2.24, 2.45) is 5.92 Å². The third-order valence-corrected chi connectivity index (χ3v) is 4.17. The third kappa shape index (κ3) is 3.35. The molecule has 3 rings (SSSR count). The van der Waals surface area contributed by atoms with Crippen molar-refractivity contribution < 1.29 is 9.21 Å². The van der Waals surface area contributed by atoms with E-state index in [1.165, 1.54) is 4.80 Å². The van der Waals surface area contributed by atoms with Gasteiger partial charge in [-0.05, 0) is 30.2 Å². The Bertz CT molecular complexity index is 918. The van der Waals surface area contributed by atoms with E-state index in [1.54, 1.807) is 6.92 Å². The molecular weight excluding hydrogens is 320 g/mol. The van der Waals surface area contributed by atoms with Crippen LogP contribution in [0.5, 0.6) is 0 Å². The molecule has 8 nitrogen and oxygen atoms in total. The number of aromatic nitrogens is 4. The number of hydrogen-bond acceptors (Lipinski definition) is 6. The molecule has 0 radical (unpaired) electrons. The number of para-hydroxylation sites is 1. The maximum absolute atomic E-state index is 12.2. The Morgan fingerprint density at radius 3 is 2.88 bits per heavy atom. The van der Waals surface area contributed by atoms with Gasteiger partial charge in [0.05, 0.1) is 6.07 Å². The molecule has 0 fully saturated rings. The van der Waals surface area contributed by atoms with Crippen molar-refractivity contribution in [3.63, 3.8) is 0 Å². The molecule has 1 aromatic carbocycles. The first-order valence-corrected chi connectivity index (χ1v) is 7.90. The average molecular weight is 338 g/mol. The zero-order chi connectivity index (χ0) is 18.0. The number of benzene rings is 1. The van der Waals surface area contributed by atoms with Crippen LogP contribution in [0.1, 0.15) is 20.8 Å². The lowest BCUT2D eigenvalue weighted by atomic mass is 9.90. The zero-order valence-electron chi connectivity index (χ0n) is 14.2. The number of rotatable bonds is 5. The molecule has 1 atom stereocenters. The molecule has 2 aromatic heterocycles. The number of nitrogens with zero attached hydrogens (tertiary/aromatic N) is 5. The Labute approximate surface area is 144 Å². The van der Waals surface area contributed by atoms with Gasteiger partial charge in [0.2, 0.25) is 11.7 Å². The van der Waals surface area contributed by atoms with Crippen molar-refractivity contribution >= 4 is 16.9 Å². The summed E-state index contributed by atoms with van der Waals surface area (Å²) in [6.07, 6.45) is 0. The van der Waals surface area contributed by atoms with Crippen LogP contribution < -0.4 is 5.32 Å². The zero-order valence-corrected chi connectivity index (χ0v) is 14.2. The molecule has 8 heteroatoms. The molecule has 1 amide bonds. The Morgan fingerprint density at radius 1 is 1.44 bits per heavy atom. The van der Waals surface area contributed by atoms with Crippen molar-refractivity contribution in [1.29, 1.82) is 5.26 Å². The summed E-state index contributed by atoms with van der Waals surface area (Å²) in [6, 6.07) is 11.5. The smallest absolute Gasteiger partial charge is 0.244 e. The lowest BCUT2D eigenvalue weighted by Gasteiger charge is -2.27. The molecule has 0 aliphatic rings. The predicted molar refractivity (Wildman–Crippen MR) is 90.0 cm³/mol. The summed E-state index contributed by atoms with van der Waals surface area (Å²) >= 11 is 0. The number of hydrogen-bond donors (Lipinski definition) is 1. The minimum Gasteiger partial charge on any atom is -0.453 e. The number of nitrogens with one attached hydrogen (secondary N) is 1. The lowest BCUT2D eigenvalue weighted by Crippen LogP contribution is -2.50. The fourth-order valence-electron chi connectivity index (χ4n) is 2.26. The van der Waals surface area contributed by atoms with E-state index in [9.17, 15) is 10.1 Å². The molecule has 3 aromatic rings. The van der Waals surface area contributed by atoms with Crippen molar-refractivity contribution in [2.45, 2.75) is 32.9 Å². The van der Waals surface area contributed by atoms with Crippen LogP contribution in [-0.4, -0.2) is 31.7 Å². The van der Waals surface area contributed by atoms with E-state index in [2.05, 4.69) is 26.8 Å². The highest BCUT2D eigenvalue weighted by Crippen LogP contribution is 2.24. The molecule has 0 saturated heterocycles. The van der Waals surface area contributed by atoms with E-state index in [0.717, 1.165) is 11.0 Å². The van der Waals surface area contributed by atoms with Crippen LogP contribution in [-0.2, 0) is 11.3 Å². The quantitative estimate of drug-likeness (QED) is 0.763. The molecule has 0 aliphatic carbocycles. The molecule has 25 heavy (non-hydrogen) atoms. The van der Waals surface area contributed by atoms with E-state index in [4.69, 9.17) is 4.42 Å². The van der Waals surface area contributed by atoms with Gasteiger partial charge in [0.25, 0.3) is 0 Å². The SMILES string of the molecule is CC(C)[C@@](C)(C#N)NC(=O)Cn1nnc(-c2cc3ccccc3o2)n1. The Kier molecular flexibility index (Phi) is 4.23. The molecule has 128 valence electrons. The Hall–Kier alpha value is -3.21. The number of fused-ring (bicyclic) bond motifs is 1. The number of nitriles is 1. The summed E-state index contributed by atoms with van der Waals surface area (Å²) < 4.78 is 5.68. The second-order valence-corrected chi connectivity index (χ2v) is 6.31. The first-order chi connectivity index (χ1) is 11.9. The van der Waals surface area contributed by atoms with Crippen molar-refractivity contribution in [1.82, 2.24) is 25.5 Å². The van der Waals surface area contributed by atoms with Crippen molar-refractivity contribution in [3.8, 4) is 17.7 Å². The topological polar surface area (TPSA) is 110 Å². The largest absolute Gasteiger partial charge is 0.453 e. The molecular formula is C17H18N6O2. The van der Waals surface area contributed by atoms with Gasteiger partial charge in [0.1, 0.15) is 17.7 Å². The molecule has 2 heterocycles. The highest BCUT2D eigenvalue weighted by atomic mass is 16.3. The second kappa shape index (κ2) is 6.36. The molecule has 1 N–H and O–H groups in total. The molecule has 0 spiro atoms. The number of furan rings is 1. The van der Waals surface area contributed by atoms with Gasteiger partial charge in [-0.3, -0.25) is 4.79 Å². The van der Waals surface area contributed by atoms with Crippen LogP contribution >= 0.6 is 0 Å². The highest BCUT2D eigenvalue weighted by Gasteiger charge is 2.30. The van der Waals surface area contributed by atoms with Gasteiger partial charge >= 0.3 is 0 Å². The van der Waals surface area contributed by atoms with Crippen molar-refractivity contribution in [2.75, 3.05) is 0 Å².